The van der Waals surface area contributed by atoms with Crippen LogP contribution in [0.5, 0.6) is 11.5 Å². The second-order valence-electron chi connectivity index (χ2n) is 7.60. The first-order valence-corrected chi connectivity index (χ1v) is 11.1. The number of rotatable bonds is 12. The van der Waals surface area contributed by atoms with Crippen molar-refractivity contribution >= 4 is 22.8 Å². The fourth-order valence-electron chi connectivity index (χ4n) is 3.07. The van der Waals surface area contributed by atoms with Gasteiger partial charge in [-0.05, 0) is 47.5 Å². The molecule has 3 rings (SSSR count). The number of benzene rings is 3. The number of ether oxygens (including phenoxy) is 4. The van der Waals surface area contributed by atoms with Gasteiger partial charge in [0.1, 0.15) is 18.1 Å². The maximum atomic E-state index is 12.0. The SMILES string of the molecule is C=C(C)C(=O)OCCOCCNC(=O)Oc1ccc2cc(OCCc3ccccc3)ccc2c1. The molecule has 0 aliphatic carbocycles. The number of nitrogens with one attached hydrogen (secondary N) is 1. The topological polar surface area (TPSA) is 83.1 Å². The molecular formula is C27H29NO6. The van der Waals surface area contributed by atoms with E-state index in [9.17, 15) is 9.59 Å². The fourth-order valence-corrected chi connectivity index (χ4v) is 3.07. The molecule has 1 amide bonds. The molecule has 0 aliphatic heterocycles. The van der Waals surface area contributed by atoms with E-state index < -0.39 is 12.1 Å². The first kappa shape index (κ1) is 24.8. The Balaban J connectivity index is 1.37. The number of carbonyl (C=O) groups is 2. The van der Waals surface area contributed by atoms with Gasteiger partial charge in [0.2, 0.25) is 0 Å². The summed E-state index contributed by atoms with van der Waals surface area (Å²) in [4.78, 5) is 23.2. The highest BCUT2D eigenvalue weighted by Gasteiger charge is 2.06. The van der Waals surface area contributed by atoms with Crippen LogP contribution in [0.25, 0.3) is 10.8 Å². The van der Waals surface area contributed by atoms with Crippen LogP contribution in [-0.4, -0.2) is 45.0 Å². The summed E-state index contributed by atoms with van der Waals surface area (Å²) in [5, 5.41) is 4.54. The molecule has 178 valence electrons. The maximum Gasteiger partial charge on any atom is 0.412 e. The average Bonchev–Trinajstić information content (AvgIpc) is 2.84. The Morgan fingerprint density at radius 1 is 0.853 bits per heavy atom. The zero-order chi connectivity index (χ0) is 24.2. The van der Waals surface area contributed by atoms with Gasteiger partial charge in [-0.15, -0.1) is 0 Å². The van der Waals surface area contributed by atoms with E-state index in [1.165, 1.54) is 5.56 Å². The van der Waals surface area contributed by atoms with Crippen LogP contribution in [0.15, 0.2) is 78.9 Å². The standard InChI is InChI=1S/C27H29NO6/c1-20(2)26(29)33-17-16-31-15-13-28-27(30)34-25-11-9-22-18-24(10-8-23(22)19-25)32-14-12-21-6-4-3-5-7-21/h3-11,18-19H,1,12-17H2,2H3,(H,28,30). The van der Waals surface area contributed by atoms with Crippen molar-refractivity contribution in [1.82, 2.24) is 5.32 Å². The van der Waals surface area contributed by atoms with Gasteiger partial charge < -0.3 is 24.3 Å². The summed E-state index contributed by atoms with van der Waals surface area (Å²) in [7, 11) is 0. The van der Waals surface area contributed by atoms with Crippen LogP contribution in [0.1, 0.15) is 12.5 Å². The quantitative estimate of drug-likeness (QED) is 0.238. The molecule has 7 nitrogen and oxygen atoms in total. The summed E-state index contributed by atoms with van der Waals surface area (Å²) in [6, 6.07) is 21.4. The van der Waals surface area contributed by atoms with Crippen molar-refractivity contribution in [2.75, 3.05) is 33.0 Å². The smallest absolute Gasteiger partial charge is 0.412 e. The van der Waals surface area contributed by atoms with Crippen molar-refractivity contribution in [1.29, 1.82) is 0 Å². The predicted octanol–water partition coefficient (Wildman–Crippen LogP) is 4.69. The Hall–Kier alpha value is -3.84. The molecule has 0 unspecified atom stereocenters. The van der Waals surface area contributed by atoms with E-state index in [2.05, 4.69) is 24.0 Å². The molecule has 0 spiro atoms. The number of fused-ring (bicyclic) bond motifs is 1. The minimum Gasteiger partial charge on any atom is -0.493 e. The Bertz CT molecular complexity index is 1110. The van der Waals surface area contributed by atoms with Gasteiger partial charge in [-0.3, -0.25) is 0 Å². The van der Waals surface area contributed by atoms with Crippen LogP contribution in [0.3, 0.4) is 0 Å². The van der Waals surface area contributed by atoms with Crippen LogP contribution in [0, 0.1) is 0 Å². The molecular weight excluding hydrogens is 434 g/mol. The molecule has 0 saturated carbocycles. The van der Waals surface area contributed by atoms with Crippen LogP contribution in [0.4, 0.5) is 4.79 Å². The summed E-state index contributed by atoms with van der Waals surface area (Å²) in [6.45, 7) is 6.57. The highest BCUT2D eigenvalue weighted by atomic mass is 16.6. The minimum absolute atomic E-state index is 0.132. The predicted molar refractivity (Wildman–Crippen MR) is 130 cm³/mol. The van der Waals surface area contributed by atoms with Gasteiger partial charge in [0, 0.05) is 18.5 Å². The van der Waals surface area contributed by atoms with Crippen molar-refractivity contribution in [2.45, 2.75) is 13.3 Å². The van der Waals surface area contributed by atoms with E-state index in [0.29, 0.717) is 17.9 Å². The molecule has 34 heavy (non-hydrogen) atoms. The second-order valence-corrected chi connectivity index (χ2v) is 7.60. The molecule has 0 saturated heterocycles. The average molecular weight is 464 g/mol. The van der Waals surface area contributed by atoms with Crippen LogP contribution < -0.4 is 14.8 Å². The minimum atomic E-state index is -0.572. The summed E-state index contributed by atoms with van der Waals surface area (Å²) >= 11 is 0. The van der Waals surface area contributed by atoms with Gasteiger partial charge in [0.15, 0.2) is 0 Å². The first-order chi connectivity index (χ1) is 16.5. The van der Waals surface area contributed by atoms with E-state index in [-0.39, 0.29) is 26.4 Å². The van der Waals surface area contributed by atoms with Gasteiger partial charge in [0.05, 0.1) is 19.8 Å². The van der Waals surface area contributed by atoms with Gasteiger partial charge in [-0.1, -0.05) is 49.0 Å². The van der Waals surface area contributed by atoms with E-state index in [4.69, 9.17) is 18.9 Å². The van der Waals surface area contributed by atoms with Crippen molar-refractivity contribution in [3.8, 4) is 11.5 Å². The molecule has 3 aromatic rings. The van der Waals surface area contributed by atoms with Crippen molar-refractivity contribution < 1.29 is 28.5 Å². The third kappa shape index (κ3) is 8.26. The van der Waals surface area contributed by atoms with Crippen LogP contribution in [0.2, 0.25) is 0 Å². The number of carbonyl (C=O) groups excluding carboxylic acids is 2. The summed E-state index contributed by atoms with van der Waals surface area (Å²) in [5.41, 5.74) is 1.57. The van der Waals surface area contributed by atoms with E-state index in [1.807, 2.05) is 42.5 Å². The monoisotopic (exact) mass is 463 g/mol. The van der Waals surface area contributed by atoms with Gasteiger partial charge in [-0.2, -0.15) is 0 Å². The Morgan fingerprint density at radius 2 is 1.56 bits per heavy atom. The van der Waals surface area contributed by atoms with Crippen molar-refractivity contribution in [3.05, 3.63) is 84.4 Å². The third-order valence-electron chi connectivity index (χ3n) is 4.82. The lowest BCUT2D eigenvalue weighted by Crippen LogP contribution is -2.30. The van der Waals surface area contributed by atoms with Crippen LogP contribution >= 0.6 is 0 Å². The molecule has 0 aromatic heterocycles. The number of hydrogen-bond acceptors (Lipinski definition) is 6. The zero-order valence-corrected chi connectivity index (χ0v) is 19.3. The Labute approximate surface area is 199 Å². The Morgan fingerprint density at radius 3 is 2.29 bits per heavy atom. The number of hydrogen-bond donors (Lipinski definition) is 1. The highest BCUT2D eigenvalue weighted by Crippen LogP contribution is 2.25. The lowest BCUT2D eigenvalue weighted by molar-refractivity contribution is -0.140. The van der Waals surface area contributed by atoms with Gasteiger partial charge >= 0.3 is 12.1 Å². The third-order valence-corrected chi connectivity index (χ3v) is 4.82. The maximum absolute atomic E-state index is 12.0. The fraction of sp³-hybridized carbons (Fsp3) is 0.259. The van der Waals surface area contributed by atoms with Gasteiger partial charge in [-0.25, -0.2) is 9.59 Å². The molecule has 0 heterocycles. The normalized spacial score (nSPS) is 10.5. The highest BCUT2D eigenvalue weighted by molar-refractivity contribution is 5.87. The van der Waals surface area contributed by atoms with Crippen molar-refractivity contribution in [2.24, 2.45) is 0 Å². The molecule has 0 atom stereocenters. The van der Waals surface area contributed by atoms with E-state index >= 15 is 0 Å². The molecule has 0 radical (unpaired) electrons. The van der Waals surface area contributed by atoms with E-state index in [1.54, 1.807) is 19.1 Å². The van der Waals surface area contributed by atoms with Crippen molar-refractivity contribution in [3.63, 3.8) is 0 Å². The lowest BCUT2D eigenvalue weighted by Gasteiger charge is -2.10. The summed E-state index contributed by atoms with van der Waals surface area (Å²) in [5.74, 6) is 0.784. The number of esters is 1. The molecule has 7 heteroatoms. The summed E-state index contributed by atoms with van der Waals surface area (Å²) in [6.07, 6.45) is 0.270. The molecule has 0 aliphatic rings. The lowest BCUT2D eigenvalue weighted by atomic mass is 10.1. The molecule has 0 bridgehead atoms. The summed E-state index contributed by atoms with van der Waals surface area (Å²) < 4.78 is 21.4. The molecule has 1 N–H and O–H groups in total. The first-order valence-electron chi connectivity index (χ1n) is 11.1. The molecule has 0 fully saturated rings. The molecule has 3 aromatic carbocycles. The van der Waals surface area contributed by atoms with E-state index in [0.717, 1.165) is 22.9 Å². The zero-order valence-electron chi connectivity index (χ0n) is 19.3. The Kier molecular flexibility index (Phi) is 9.49. The van der Waals surface area contributed by atoms with Gasteiger partial charge in [0.25, 0.3) is 0 Å². The number of amides is 1. The van der Waals surface area contributed by atoms with Crippen LogP contribution in [-0.2, 0) is 20.7 Å². The second kappa shape index (κ2) is 13.0. The largest absolute Gasteiger partial charge is 0.493 e.